The lowest BCUT2D eigenvalue weighted by molar-refractivity contribution is 0.0504. The number of nitrogens with one attached hydrogen (secondary N) is 1. The second kappa shape index (κ2) is 10.2. The number of sulfonamides is 1. The smallest absolute Gasteiger partial charge is 0.261 e. The highest BCUT2D eigenvalue weighted by Gasteiger charge is 2.21. The van der Waals surface area contributed by atoms with Gasteiger partial charge in [0.2, 0.25) is 0 Å². The molecule has 1 saturated heterocycles. The molecule has 1 unspecified atom stereocenters. The van der Waals surface area contributed by atoms with E-state index in [0.717, 1.165) is 37.2 Å². The summed E-state index contributed by atoms with van der Waals surface area (Å²) in [5.74, 6) is 0.138. The third-order valence-electron chi connectivity index (χ3n) is 5.79. The molecule has 1 aromatic rings. The zero-order valence-electron chi connectivity index (χ0n) is 18.4. The van der Waals surface area contributed by atoms with Gasteiger partial charge in [-0.05, 0) is 54.3 Å². The first-order valence-corrected chi connectivity index (χ1v) is 12.6. The second-order valence-electron chi connectivity index (χ2n) is 8.19. The van der Waals surface area contributed by atoms with E-state index in [4.69, 9.17) is 4.74 Å². The van der Waals surface area contributed by atoms with E-state index in [1.54, 1.807) is 12.2 Å². The fourth-order valence-corrected chi connectivity index (χ4v) is 5.06. The van der Waals surface area contributed by atoms with E-state index in [1.165, 1.54) is 5.57 Å². The Bertz CT molecular complexity index is 1100. The van der Waals surface area contributed by atoms with Gasteiger partial charge in [0.25, 0.3) is 10.0 Å². The van der Waals surface area contributed by atoms with Crippen LogP contribution in [-0.2, 0) is 21.2 Å². The maximum Gasteiger partial charge on any atom is 0.261 e. The Hall–Kier alpha value is -2.83. The highest BCUT2D eigenvalue weighted by molar-refractivity contribution is 7.96. The first-order valence-electron chi connectivity index (χ1n) is 11.1. The van der Waals surface area contributed by atoms with Gasteiger partial charge in [-0.3, -0.25) is 4.72 Å². The summed E-state index contributed by atoms with van der Waals surface area (Å²) < 4.78 is 34.2. The zero-order valence-corrected chi connectivity index (χ0v) is 19.2. The Balaban J connectivity index is 1.46. The minimum atomic E-state index is -3.68. The van der Waals surface area contributed by atoms with Crippen LogP contribution in [0.3, 0.4) is 0 Å². The Kier molecular flexibility index (Phi) is 7.12. The molecule has 2 aliphatic carbocycles. The molecule has 1 atom stereocenters. The molecule has 0 bridgehead atoms. The molecule has 0 aromatic heterocycles. The van der Waals surface area contributed by atoms with Gasteiger partial charge >= 0.3 is 0 Å². The summed E-state index contributed by atoms with van der Waals surface area (Å²) in [4.78, 5) is 2.53. The third kappa shape index (κ3) is 5.69. The minimum absolute atomic E-state index is 0.138. The highest BCUT2D eigenvalue weighted by atomic mass is 32.2. The normalized spacial score (nSPS) is 21.3. The number of morpholine rings is 1. The Morgan fingerprint density at radius 3 is 2.59 bits per heavy atom. The van der Waals surface area contributed by atoms with Crippen molar-refractivity contribution in [1.82, 2.24) is 4.90 Å². The number of allylic oxidation sites excluding steroid dienone is 10. The maximum absolute atomic E-state index is 13.0. The number of rotatable bonds is 6. The summed E-state index contributed by atoms with van der Waals surface area (Å²) in [7, 11) is -3.68. The molecule has 32 heavy (non-hydrogen) atoms. The van der Waals surface area contributed by atoms with E-state index < -0.39 is 10.0 Å². The van der Waals surface area contributed by atoms with Crippen molar-refractivity contribution in [3.63, 3.8) is 0 Å². The summed E-state index contributed by atoms with van der Waals surface area (Å²) in [5.41, 5.74) is 4.05. The van der Waals surface area contributed by atoms with Gasteiger partial charge in [-0.1, -0.05) is 55.5 Å². The van der Waals surface area contributed by atoms with Crippen LogP contribution in [0.2, 0.25) is 0 Å². The predicted octanol–water partition coefficient (Wildman–Crippen LogP) is 4.72. The lowest BCUT2D eigenvalue weighted by Crippen LogP contribution is -2.37. The van der Waals surface area contributed by atoms with E-state index in [2.05, 4.69) is 46.9 Å². The molecule has 1 aliphatic heterocycles. The Labute approximate surface area is 191 Å². The maximum atomic E-state index is 13.0. The second-order valence-corrected chi connectivity index (χ2v) is 9.88. The van der Waals surface area contributed by atoms with Crippen LogP contribution in [0.5, 0.6) is 0 Å². The highest BCUT2D eigenvalue weighted by Crippen LogP contribution is 2.25. The lowest BCUT2D eigenvalue weighted by Gasteiger charge is -2.32. The average molecular weight is 451 g/mol. The standard InChI is InChI=1S/C26H30N2O3S/c1-21-8-13-25(14-15-26(21)28-16-18-31-19-17-28)32(29,30)27-24-11-9-23(10-12-24)20-22-6-4-2-3-5-7-22/h2,4-15,21,27H,3,16-20H2,1H3. The molecule has 168 valence electrons. The molecule has 5 nitrogen and oxygen atoms in total. The van der Waals surface area contributed by atoms with Gasteiger partial charge in [-0.2, -0.15) is 0 Å². The molecule has 0 saturated carbocycles. The van der Waals surface area contributed by atoms with Crippen LogP contribution in [0.4, 0.5) is 5.69 Å². The van der Waals surface area contributed by atoms with E-state index in [9.17, 15) is 8.42 Å². The van der Waals surface area contributed by atoms with E-state index >= 15 is 0 Å². The molecule has 1 fully saturated rings. The van der Waals surface area contributed by atoms with Crippen molar-refractivity contribution in [3.8, 4) is 0 Å². The summed E-state index contributed by atoms with van der Waals surface area (Å²) in [6.45, 7) is 5.14. The van der Waals surface area contributed by atoms with Crippen molar-refractivity contribution in [2.45, 2.75) is 19.8 Å². The van der Waals surface area contributed by atoms with Crippen molar-refractivity contribution in [2.24, 2.45) is 5.92 Å². The molecular weight excluding hydrogens is 420 g/mol. The van der Waals surface area contributed by atoms with E-state index in [-0.39, 0.29) is 10.8 Å². The number of benzene rings is 1. The van der Waals surface area contributed by atoms with Crippen molar-refractivity contribution >= 4 is 15.7 Å². The fraction of sp³-hybridized carbons (Fsp3) is 0.308. The zero-order chi connectivity index (χ0) is 22.4. The molecule has 1 N–H and O–H groups in total. The van der Waals surface area contributed by atoms with Crippen LogP contribution in [-0.4, -0.2) is 39.6 Å². The van der Waals surface area contributed by atoms with Crippen LogP contribution >= 0.6 is 0 Å². The van der Waals surface area contributed by atoms with Crippen molar-refractivity contribution in [3.05, 3.63) is 101 Å². The van der Waals surface area contributed by atoms with Gasteiger partial charge in [0.05, 0.1) is 18.1 Å². The fourth-order valence-electron chi connectivity index (χ4n) is 3.99. The Morgan fingerprint density at radius 1 is 1.03 bits per heavy atom. The van der Waals surface area contributed by atoms with Crippen molar-refractivity contribution in [2.75, 3.05) is 31.0 Å². The van der Waals surface area contributed by atoms with E-state index in [1.807, 2.05) is 36.4 Å². The number of hydrogen-bond donors (Lipinski definition) is 1. The SMILES string of the molecule is CC1C=CC(S(=O)(=O)Nc2ccc(CC3=CC=CCC=C3)cc2)=CC=C1N1CCOCC1. The van der Waals surface area contributed by atoms with Gasteiger partial charge < -0.3 is 9.64 Å². The Morgan fingerprint density at radius 2 is 1.81 bits per heavy atom. The van der Waals surface area contributed by atoms with E-state index in [0.29, 0.717) is 18.9 Å². The summed E-state index contributed by atoms with van der Waals surface area (Å²) in [5, 5.41) is 0. The average Bonchev–Trinajstić information content (AvgIpc) is 3.17. The molecule has 0 spiro atoms. The molecule has 1 aromatic carbocycles. The van der Waals surface area contributed by atoms with Crippen LogP contribution in [0.15, 0.2) is 95.1 Å². The molecule has 3 aliphatic rings. The number of ether oxygens (including phenoxy) is 1. The number of hydrogen-bond acceptors (Lipinski definition) is 4. The van der Waals surface area contributed by atoms with Crippen LogP contribution < -0.4 is 4.72 Å². The summed E-state index contributed by atoms with van der Waals surface area (Å²) in [6.07, 6.45) is 19.6. The van der Waals surface area contributed by atoms with Gasteiger partial charge in [-0.15, -0.1) is 0 Å². The minimum Gasteiger partial charge on any atom is -0.378 e. The van der Waals surface area contributed by atoms with Gasteiger partial charge in [-0.25, -0.2) is 8.42 Å². The van der Waals surface area contributed by atoms with Gasteiger partial charge in [0, 0.05) is 30.4 Å². The molecule has 0 radical (unpaired) electrons. The largest absolute Gasteiger partial charge is 0.378 e. The van der Waals surface area contributed by atoms with Crippen LogP contribution in [0.25, 0.3) is 0 Å². The number of anilines is 1. The summed E-state index contributed by atoms with van der Waals surface area (Å²) >= 11 is 0. The molecule has 0 amide bonds. The number of nitrogens with zero attached hydrogens (tertiary/aromatic N) is 1. The molecule has 4 rings (SSSR count). The third-order valence-corrected chi connectivity index (χ3v) is 7.18. The first-order chi connectivity index (χ1) is 15.5. The molecular formula is C26H30N2O3S. The van der Waals surface area contributed by atoms with Crippen LogP contribution in [0.1, 0.15) is 18.9 Å². The van der Waals surface area contributed by atoms with Crippen molar-refractivity contribution in [1.29, 1.82) is 0 Å². The first kappa shape index (κ1) is 22.4. The monoisotopic (exact) mass is 450 g/mol. The topological polar surface area (TPSA) is 58.6 Å². The van der Waals surface area contributed by atoms with Crippen LogP contribution in [0, 0.1) is 5.92 Å². The lowest BCUT2D eigenvalue weighted by atomic mass is 10.0. The summed E-state index contributed by atoms with van der Waals surface area (Å²) in [6, 6.07) is 7.58. The molecule has 6 heteroatoms. The quantitative estimate of drug-likeness (QED) is 0.681. The predicted molar refractivity (Wildman–Crippen MR) is 131 cm³/mol. The molecule has 1 heterocycles. The van der Waals surface area contributed by atoms with Gasteiger partial charge in [0.1, 0.15) is 0 Å². The van der Waals surface area contributed by atoms with Gasteiger partial charge in [0.15, 0.2) is 0 Å². The van der Waals surface area contributed by atoms with Crippen molar-refractivity contribution < 1.29 is 13.2 Å².